The topological polar surface area (TPSA) is 60.8 Å². The third kappa shape index (κ3) is 2.51. The third-order valence-electron chi connectivity index (χ3n) is 2.94. The van der Waals surface area contributed by atoms with Crippen molar-refractivity contribution in [2.75, 3.05) is 18.0 Å². The Hall–Kier alpha value is -0.910. The summed E-state index contributed by atoms with van der Waals surface area (Å²) in [6, 6.07) is 5.43. The zero-order valence-electron chi connectivity index (χ0n) is 9.43. The summed E-state index contributed by atoms with van der Waals surface area (Å²) in [5, 5.41) is 19.1. The molecule has 2 rings (SSSR count). The van der Waals surface area contributed by atoms with Gasteiger partial charge in [0.25, 0.3) is 0 Å². The molecule has 0 amide bonds. The summed E-state index contributed by atoms with van der Waals surface area (Å²) in [6.45, 7) is 2.21. The minimum Gasteiger partial charge on any atom is -0.389 e. The maximum absolute atomic E-state index is 11.6. The van der Waals surface area contributed by atoms with Crippen molar-refractivity contribution in [2.24, 2.45) is 0 Å². The molecular weight excluding hydrogens is 286 g/mol. The van der Waals surface area contributed by atoms with Gasteiger partial charge < -0.3 is 15.1 Å². The van der Waals surface area contributed by atoms with Crippen molar-refractivity contribution < 1.29 is 15.0 Å². The summed E-state index contributed by atoms with van der Waals surface area (Å²) in [6.07, 6.45) is -1.50. The van der Waals surface area contributed by atoms with E-state index in [4.69, 9.17) is 0 Å². The van der Waals surface area contributed by atoms with Crippen LogP contribution >= 0.6 is 15.9 Å². The Bertz CT molecular complexity index is 439. The van der Waals surface area contributed by atoms with Crippen molar-refractivity contribution in [1.82, 2.24) is 0 Å². The van der Waals surface area contributed by atoms with Crippen molar-refractivity contribution >= 4 is 27.4 Å². The van der Waals surface area contributed by atoms with Gasteiger partial charge in [-0.15, -0.1) is 0 Å². The molecule has 0 aromatic heterocycles. The summed E-state index contributed by atoms with van der Waals surface area (Å²) in [7, 11) is 0. The maximum atomic E-state index is 11.6. The van der Waals surface area contributed by atoms with E-state index in [1.807, 2.05) is 17.0 Å². The van der Waals surface area contributed by atoms with Gasteiger partial charge in [-0.2, -0.15) is 0 Å². The molecule has 0 radical (unpaired) electrons. The summed E-state index contributed by atoms with van der Waals surface area (Å²) >= 11 is 3.33. The number of carbonyl (C=O) groups excluding carboxylic acids is 1. The molecule has 1 aliphatic rings. The van der Waals surface area contributed by atoms with Crippen LogP contribution in [0.5, 0.6) is 0 Å². The largest absolute Gasteiger partial charge is 0.389 e. The van der Waals surface area contributed by atoms with E-state index in [0.29, 0.717) is 18.7 Å². The number of Topliss-reactive ketones (excluding diaryl/α,β-unsaturated/α-hetero) is 1. The van der Waals surface area contributed by atoms with E-state index < -0.39 is 12.2 Å². The molecule has 92 valence electrons. The monoisotopic (exact) mass is 299 g/mol. The number of hydrogen-bond acceptors (Lipinski definition) is 4. The third-order valence-corrected chi connectivity index (χ3v) is 3.43. The predicted molar refractivity (Wildman–Crippen MR) is 68.4 cm³/mol. The Balaban J connectivity index is 2.36. The second-order valence-electron chi connectivity index (χ2n) is 4.26. The average Bonchev–Trinajstić information content (AvgIpc) is 2.59. The van der Waals surface area contributed by atoms with Gasteiger partial charge in [0.2, 0.25) is 0 Å². The lowest BCUT2D eigenvalue weighted by molar-refractivity contribution is 0.0572. The van der Waals surface area contributed by atoms with Gasteiger partial charge in [-0.05, 0) is 25.1 Å². The first-order valence-corrected chi connectivity index (χ1v) is 6.20. The van der Waals surface area contributed by atoms with Crippen molar-refractivity contribution in [3.8, 4) is 0 Å². The number of halogens is 1. The van der Waals surface area contributed by atoms with Gasteiger partial charge in [-0.3, -0.25) is 4.79 Å². The Kier molecular flexibility index (Phi) is 3.51. The molecule has 2 N–H and O–H groups in total. The summed E-state index contributed by atoms with van der Waals surface area (Å²) < 4.78 is 0.840. The van der Waals surface area contributed by atoms with Crippen LogP contribution in [0.1, 0.15) is 17.3 Å². The van der Waals surface area contributed by atoms with Crippen LogP contribution in [-0.2, 0) is 0 Å². The summed E-state index contributed by atoms with van der Waals surface area (Å²) in [5.41, 5.74) is 1.36. The summed E-state index contributed by atoms with van der Waals surface area (Å²) in [4.78, 5) is 13.4. The van der Waals surface area contributed by atoms with E-state index in [9.17, 15) is 15.0 Å². The highest BCUT2D eigenvalue weighted by Gasteiger charge is 2.31. The molecule has 1 aromatic carbocycles. The highest BCUT2D eigenvalue weighted by Crippen LogP contribution is 2.28. The number of nitrogens with zero attached hydrogens (tertiary/aromatic N) is 1. The van der Waals surface area contributed by atoms with Crippen molar-refractivity contribution in [3.05, 3.63) is 28.2 Å². The summed E-state index contributed by atoms with van der Waals surface area (Å²) in [5.74, 6) is -0.0304. The van der Waals surface area contributed by atoms with Gasteiger partial charge >= 0.3 is 0 Å². The highest BCUT2D eigenvalue weighted by molar-refractivity contribution is 9.10. The SMILES string of the molecule is CC(=O)c1cc(Br)ccc1N1CC(O)C(O)C1. The molecule has 4 nitrogen and oxygen atoms in total. The first-order valence-electron chi connectivity index (χ1n) is 5.40. The predicted octanol–water partition coefficient (Wildman–Crippen LogP) is 1.19. The minimum absolute atomic E-state index is 0.0304. The van der Waals surface area contributed by atoms with Crippen molar-refractivity contribution in [2.45, 2.75) is 19.1 Å². The van der Waals surface area contributed by atoms with Gasteiger partial charge in [0.1, 0.15) is 0 Å². The maximum Gasteiger partial charge on any atom is 0.161 e. The van der Waals surface area contributed by atoms with Gasteiger partial charge in [0.15, 0.2) is 5.78 Å². The zero-order valence-corrected chi connectivity index (χ0v) is 11.0. The van der Waals surface area contributed by atoms with Gasteiger partial charge in [0.05, 0.1) is 12.2 Å². The van der Waals surface area contributed by atoms with E-state index in [-0.39, 0.29) is 5.78 Å². The number of β-amino-alcohol motifs (C(OH)–C–C–N with tert-alkyl or cyclic N) is 2. The Morgan fingerprint density at radius 2 is 1.94 bits per heavy atom. The Morgan fingerprint density at radius 3 is 2.47 bits per heavy atom. The second-order valence-corrected chi connectivity index (χ2v) is 5.17. The number of ketones is 1. The lowest BCUT2D eigenvalue weighted by Crippen LogP contribution is -2.23. The van der Waals surface area contributed by atoms with Crippen LogP contribution in [0.4, 0.5) is 5.69 Å². The van der Waals surface area contributed by atoms with Crippen LogP contribution in [0.25, 0.3) is 0 Å². The van der Waals surface area contributed by atoms with Crippen LogP contribution in [0.3, 0.4) is 0 Å². The van der Waals surface area contributed by atoms with E-state index in [2.05, 4.69) is 15.9 Å². The molecule has 0 saturated carbocycles. The van der Waals surface area contributed by atoms with Crippen LogP contribution in [0.15, 0.2) is 22.7 Å². The molecule has 0 aliphatic carbocycles. The Labute approximate surface area is 108 Å². The number of rotatable bonds is 2. The Morgan fingerprint density at radius 1 is 1.35 bits per heavy atom. The molecule has 1 aromatic rings. The first-order chi connectivity index (χ1) is 7.99. The average molecular weight is 300 g/mol. The van der Waals surface area contributed by atoms with Crippen molar-refractivity contribution in [1.29, 1.82) is 0 Å². The zero-order chi connectivity index (χ0) is 12.6. The van der Waals surface area contributed by atoms with Gasteiger partial charge in [-0.1, -0.05) is 15.9 Å². The quantitative estimate of drug-likeness (QED) is 0.806. The normalized spacial score (nSPS) is 24.1. The fraction of sp³-hybridized carbons (Fsp3) is 0.417. The van der Waals surface area contributed by atoms with Crippen LogP contribution in [-0.4, -0.2) is 41.3 Å². The number of benzene rings is 1. The fourth-order valence-corrected chi connectivity index (χ4v) is 2.39. The molecule has 17 heavy (non-hydrogen) atoms. The minimum atomic E-state index is -0.751. The standard InChI is InChI=1S/C12H14BrNO3/c1-7(15)9-4-8(13)2-3-10(9)14-5-11(16)12(17)6-14/h2-4,11-12,16-17H,5-6H2,1H3. The number of carbonyl (C=O) groups is 1. The molecule has 2 unspecified atom stereocenters. The second kappa shape index (κ2) is 4.76. The lowest BCUT2D eigenvalue weighted by atomic mass is 10.1. The lowest BCUT2D eigenvalue weighted by Gasteiger charge is -2.20. The number of aliphatic hydroxyl groups excluding tert-OH is 2. The van der Waals surface area contributed by atoms with E-state index in [0.717, 1.165) is 10.2 Å². The van der Waals surface area contributed by atoms with Gasteiger partial charge in [-0.25, -0.2) is 0 Å². The first kappa shape index (κ1) is 12.5. The molecule has 0 spiro atoms. The molecular formula is C12H14BrNO3. The number of hydrogen-bond donors (Lipinski definition) is 2. The van der Waals surface area contributed by atoms with E-state index >= 15 is 0 Å². The highest BCUT2D eigenvalue weighted by atomic mass is 79.9. The molecule has 2 atom stereocenters. The van der Waals surface area contributed by atoms with Crippen molar-refractivity contribution in [3.63, 3.8) is 0 Å². The van der Waals surface area contributed by atoms with Crippen LogP contribution < -0.4 is 4.90 Å². The molecule has 1 fully saturated rings. The molecule has 5 heteroatoms. The molecule has 0 bridgehead atoms. The molecule has 1 heterocycles. The number of anilines is 1. The molecule has 1 saturated heterocycles. The fourth-order valence-electron chi connectivity index (χ4n) is 2.03. The van der Waals surface area contributed by atoms with E-state index in [1.165, 1.54) is 6.92 Å². The smallest absolute Gasteiger partial charge is 0.161 e. The van der Waals surface area contributed by atoms with Crippen LogP contribution in [0, 0.1) is 0 Å². The van der Waals surface area contributed by atoms with Gasteiger partial charge in [0, 0.05) is 28.8 Å². The van der Waals surface area contributed by atoms with Crippen LogP contribution in [0.2, 0.25) is 0 Å². The molecule has 1 aliphatic heterocycles. The van der Waals surface area contributed by atoms with E-state index in [1.54, 1.807) is 6.07 Å². The number of aliphatic hydroxyl groups is 2.